The Morgan fingerprint density at radius 2 is 1.95 bits per heavy atom. The van der Waals surface area contributed by atoms with Crippen LogP contribution in [0, 0.1) is 17.3 Å². The van der Waals surface area contributed by atoms with E-state index in [0.29, 0.717) is 34.6 Å². The van der Waals surface area contributed by atoms with Crippen molar-refractivity contribution in [2.45, 2.75) is 46.5 Å². The Hall–Kier alpha value is -0.530. The van der Waals surface area contributed by atoms with Crippen molar-refractivity contribution in [1.82, 2.24) is 0 Å². The molecule has 0 saturated heterocycles. The number of ketones is 1. The molecule has 0 radical (unpaired) electrons. The molecule has 0 aliphatic heterocycles. The number of hydrogen-bond acceptors (Lipinski definition) is 1. The van der Waals surface area contributed by atoms with Crippen molar-refractivity contribution in [3.8, 4) is 0 Å². The summed E-state index contributed by atoms with van der Waals surface area (Å²) in [4.78, 5) is 12.2. The van der Waals surface area contributed by atoms with Crippen LogP contribution in [0.5, 0.6) is 0 Å². The number of carbonyl (C=O) groups excluding carboxylic acids is 1. The Balaban J connectivity index is 2.14. The maximum Gasteiger partial charge on any atom is 0.136 e. The monoisotopic (exact) mass is 312 g/mol. The molecule has 0 bridgehead atoms. The molecule has 2 atom stereocenters. The fourth-order valence-electron chi connectivity index (χ4n) is 3.06. The van der Waals surface area contributed by atoms with Crippen molar-refractivity contribution >= 4 is 29.0 Å². The van der Waals surface area contributed by atoms with Gasteiger partial charge in [0, 0.05) is 22.4 Å². The molecule has 1 aromatic rings. The lowest BCUT2D eigenvalue weighted by molar-refractivity contribution is -0.126. The smallest absolute Gasteiger partial charge is 0.136 e. The van der Waals surface area contributed by atoms with E-state index in [0.717, 1.165) is 18.4 Å². The predicted octanol–water partition coefficient (Wildman–Crippen LogP) is 5.57. The largest absolute Gasteiger partial charge is 0.299 e. The van der Waals surface area contributed by atoms with Gasteiger partial charge < -0.3 is 0 Å². The molecule has 0 aromatic heterocycles. The van der Waals surface area contributed by atoms with Gasteiger partial charge in [0.1, 0.15) is 5.78 Å². The minimum Gasteiger partial charge on any atom is -0.299 e. The second-order valence-electron chi connectivity index (χ2n) is 6.94. The highest BCUT2D eigenvalue weighted by atomic mass is 35.5. The molecule has 1 aromatic carbocycles. The number of hydrogen-bond donors (Lipinski definition) is 0. The molecule has 0 amide bonds. The average molecular weight is 313 g/mol. The summed E-state index contributed by atoms with van der Waals surface area (Å²) in [5.41, 5.74) is 1.25. The average Bonchev–Trinajstić information content (AvgIpc) is 2.35. The van der Waals surface area contributed by atoms with Crippen molar-refractivity contribution in [3.63, 3.8) is 0 Å². The zero-order valence-corrected chi connectivity index (χ0v) is 13.9. The van der Waals surface area contributed by atoms with E-state index in [-0.39, 0.29) is 11.3 Å². The van der Waals surface area contributed by atoms with Crippen molar-refractivity contribution in [2.24, 2.45) is 17.3 Å². The van der Waals surface area contributed by atoms with Crippen LogP contribution >= 0.6 is 23.2 Å². The van der Waals surface area contributed by atoms with Crippen molar-refractivity contribution in [3.05, 3.63) is 33.8 Å². The molecule has 20 heavy (non-hydrogen) atoms. The maximum atomic E-state index is 12.2. The van der Waals surface area contributed by atoms with E-state index < -0.39 is 0 Å². The SMILES string of the molecule is CC(C)(C)C1CCC(=O)C(Cc2cc(Cl)ccc2Cl)C1. The highest BCUT2D eigenvalue weighted by Gasteiger charge is 2.35. The Kier molecular flexibility index (Phi) is 4.81. The second-order valence-corrected chi connectivity index (χ2v) is 7.78. The number of carbonyl (C=O) groups is 1. The number of Topliss-reactive ketones (excluding diaryl/α,β-unsaturated/α-hetero) is 1. The third kappa shape index (κ3) is 3.77. The maximum absolute atomic E-state index is 12.2. The first-order chi connectivity index (χ1) is 9.27. The summed E-state index contributed by atoms with van der Waals surface area (Å²) in [6.07, 6.45) is 3.39. The summed E-state index contributed by atoms with van der Waals surface area (Å²) in [6.45, 7) is 6.78. The zero-order valence-electron chi connectivity index (χ0n) is 12.4. The fraction of sp³-hybridized carbons (Fsp3) is 0.588. The lowest BCUT2D eigenvalue weighted by atomic mass is 9.67. The third-order valence-electron chi connectivity index (χ3n) is 4.46. The van der Waals surface area contributed by atoms with E-state index in [4.69, 9.17) is 23.2 Å². The lowest BCUT2D eigenvalue weighted by Gasteiger charge is -2.37. The van der Waals surface area contributed by atoms with Gasteiger partial charge in [-0.2, -0.15) is 0 Å². The first-order valence-electron chi connectivity index (χ1n) is 7.24. The molecule has 1 aliphatic carbocycles. The highest BCUT2D eigenvalue weighted by molar-refractivity contribution is 6.33. The Morgan fingerprint density at radius 3 is 2.60 bits per heavy atom. The molecule has 2 unspecified atom stereocenters. The summed E-state index contributed by atoms with van der Waals surface area (Å²) >= 11 is 12.2. The van der Waals surface area contributed by atoms with Gasteiger partial charge in [0.2, 0.25) is 0 Å². The van der Waals surface area contributed by atoms with E-state index in [1.54, 1.807) is 6.07 Å². The Bertz CT molecular complexity index is 502. The molecule has 0 N–H and O–H groups in total. The van der Waals surface area contributed by atoms with Gasteiger partial charge in [-0.05, 0) is 54.4 Å². The van der Waals surface area contributed by atoms with Gasteiger partial charge in [-0.3, -0.25) is 4.79 Å². The minimum atomic E-state index is 0.0870. The molecular weight excluding hydrogens is 291 g/mol. The molecule has 1 aliphatic rings. The molecule has 1 fully saturated rings. The van der Waals surface area contributed by atoms with E-state index in [1.165, 1.54) is 0 Å². The summed E-state index contributed by atoms with van der Waals surface area (Å²) in [5, 5.41) is 1.39. The van der Waals surface area contributed by atoms with Crippen molar-refractivity contribution in [2.75, 3.05) is 0 Å². The minimum absolute atomic E-state index is 0.0870. The van der Waals surface area contributed by atoms with Crippen LogP contribution in [0.15, 0.2) is 18.2 Å². The normalized spacial score (nSPS) is 23.9. The summed E-state index contributed by atoms with van der Waals surface area (Å²) in [5.74, 6) is 1.06. The number of halogens is 2. The summed E-state index contributed by atoms with van der Waals surface area (Å²) < 4.78 is 0. The highest BCUT2D eigenvalue weighted by Crippen LogP contribution is 2.40. The quantitative estimate of drug-likeness (QED) is 0.698. The molecule has 1 nitrogen and oxygen atoms in total. The van der Waals surface area contributed by atoms with Crippen LogP contribution in [-0.2, 0) is 11.2 Å². The van der Waals surface area contributed by atoms with Gasteiger partial charge in [0.05, 0.1) is 0 Å². The van der Waals surface area contributed by atoms with Crippen LogP contribution in [-0.4, -0.2) is 5.78 Å². The predicted molar refractivity (Wildman–Crippen MR) is 85.5 cm³/mol. The van der Waals surface area contributed by atoms with E-state index in [2.05, 4.69) is 20.8 Å². The van der Waals surface area contributed by atoms with Gasteiger partial charge in [-0.25, -0.2) is 0 Å². The Morgan fingerprint density at radius 1 is 1.25 bits per heavy atom. The van der Waals surface area contributed by atoms with E-state index in [9.17, 15) is 4.79 Å². The molecule has 1 saturated carbocycles. The number of rotatable bonds is 2. The van der Waals surface area contributed by atoms with E-state index in [1.807, 2.05) is 12.1 Å². The molecule has 0 heterocycles. The Labute approximate surface area is 131 Å². The van der Waals surface area contributed by atoms with Gasteiger partial charge in [-0.15, -0.1) is 0 Å². The van der Waals surface area contributed by atoms with Crippen LogP contribution in [0.25, 0.3) is 0 Å². The topological polar surface area (TPSA) is 17.1 Å². The summed E-state index contributed by atoms with van der Waals surface area (Å²) in [6, 6.07) is 5.49. The van der Waals surface area contributed by atoms with Crippen LogP contribution in [0.3, 0.4) is 0 Å². The molecule has 3 heteroatoms. The van der Waals surface area contributed by atoms with E-state index >= 15 is 0 Å². The van der Waals surface area contributed by atoms with Crippen molar-refractivity contribution in [1.29, 1.82) is 0 Å². The second kappa shape index (κ2) is 6.07. The van der Waals surface area contributed by atoms with Crippen molar-refractivity contribution < 1.29 is 4.79 Å². The van der Waals surface area contributed by atoms with Crippen LogP contribution in [0.1, 0.15) is 45.6 Å². The number of benzene rings is 1. The molecule has 0 spiro atoms. The van der Waals surface area contributed by atoms with Gasteiger partial charge in [0.25, 0.3) is 0 Å². The zero-order chi connectivity index (χ0) is 14.9. The third-order valence-corrected chi connectivity index (χ3v) is 5.07. The standard InChI is InChI=1S/C17H22Cl2O/c1-17(2,3)13-4-7-16(20)12(9-13)8-11-10-14(18)5-6-15(11)19/h5-6,10,12-13H,4,7-9H2,1-3H3. The van der Waals surface area contributed by atoms with Gasteiger partial charge in [0.15, 0.2) is 0 Å². The fourth-order valence-corrected chi connectivity index (χ4v) is 3.45. The first-order valence-corrected chi connectivity index (χ1v) is 7.99. The van der Waals surface area contributed by atoms with Crippen LogP contribution in [0.4, 0.5) is 0 Å². The van der Waals surface area contributed by atoms with Crippen LogP contribution in [0.2, 0.25) is 10.0 Å². The first kappa shape index (κ1) is 15.9. The molecule has 110 valence electrons. The molecular formula is C17H22Cl2O. The van der Waals surface area contributed by atoms with Crippen LogP contribution < -0.4 is 0 Å². The lowest BCUT2D eigenvalue weighted by Crippen LogP contribution is -2.33. The summed E-state index contributed by atoms with van der Waals surface area (Å²) in [7, 11) is 0. The van der Waals surface area contributed by atoms with Gasteiger partial charge >= 0.3 is 0 Å². The molecule has 2 rings (SSSR count). The van der Waals surface area contributed by atoms with Gasteiger partial charge in [-0.1, -0.05) is 44.0 Å².